The van der Waals surface area contributed by atoms with E-state index in [1.807, 2.05) is 24.3 Å². The van der Waals surface area contributed by atoms with Crippen molar-refractivity contribution < 1.29 is 14.7 Å². The quantitative estimate of drug-likeness (QED) is 0.492. The van der Waals surface area contributed by atoms with Crippen molar-refractivity contribution in [1.82, 2.24) is 15.1 Å². The fourth-order valence-electron chi connectivity index (χ4n) is 3.59. The van der Waals surface area contributed by atoms with Gasteiger partial charge in [0.05, 0.1) is 11.1 Å². The van der Waals surface area contributed by atoms with Crippen LogP contribution in [0, 0.1) is 0 Å². The van der Waals surface area contributed by atoms with Gasteiger partial charge in [0.1, 0.15) is 5.54 Å². The minimum absolute atomic E-state index is 0.0235. The second-order valence-corrected chi connectivity index (χ2v) is 7.70. The van der Waals surface area contributed by atoms with E-state index in [2.05, 4.69) is 10.4 Å². The van der Waals surface area contributed by atoms with Crippen LogP contribution < -0.4 is 10.9 Å². The predicted octanol–water partition coefficient (Wildman–Crippen LogP) is 3.20. The van der Waals surface area contributed by atoms with Gasteiger partial charge in [-0.25, -0.2) is 4.79 Å². The van der Waals surface area contributed by atoms with E-state index < -0.39 is 17.4 Å². The number of carboxylic acid groups (broad SMARTS) is 1. The fourth-order valence-corrected chi connectivity index (χ4v) is 3.59. The van der Waals surface area contributed by atoms with Crippen LogP contribution in [0.3, 0.4) is 0 Å². The lowest BCUT2D eigenvalue weighted by molar-refractivity contribution is -0.143. The van der Waals surface area contributed by atoms with Gasteiger partial charge in [-0.15, -0.1) is 0 Å². The molecule has 2 N–H and O–H groups in total. The third kappa shape index (κ3) is 4.00. The van der Waals surface area contributed by atoms with Gasteiger partial charge in [0.2, 0.25) is 0 Å². The Morgan fingerprint density at radius 3 is 2.09 bits per heavy atom. The molecule has 1 aromatic heterocycles. The molecule has 0 unspecified atom stereocenters. The van der Waals surface area contributed by atoms with Crippen molar-refractivity contribution in [2.45, 2.75) is 18.9 Å². The van der Waals surface area contributed by atoms with Gasteiger partial charge in [-0.2, -0.15) is 9.78 Å². The minimum Gasteiger partial charge on any atom is -0.480 e. The molecule has 1 amide bonds. The highest BCUT2D eigenvalue weighted by atomic mass is 16.4. The molecule has 0 bridgehead atoms. The first-order valence-electron chi connectivity index (χ1n) is 10.1. The summed E-state index contributed by atoms with van der Waals surface area (Å²) in [5.74, 6) is -1.85. The number of rotatable bonds is 6. The van der Waals surface area contributed by atoms with E-state index in [-0.39, 0.29) is 17.7 Å². The lowest BCUT2D eigenvalue weighted by atomic mass is 9.92. The summed E-state index contributed by atoms with van der Waals surface area (Å²) in [4.78, 5) is 38.4. The molecule has 0 spiro atoms. The number of para-hydroxylation sites is 1. The molecule has 32 heavy (non-hydrogen) atoms. The van der Waals surface area contributed by atoms with Gasteiger partial charge < -0.3 is 10.4 Å². The molecule has 0 aliphatic heterocycles. The molecule has 1 atom stereocenters. The number of hydrogen-bond donors (Lipinski definition) is 2. The van der Waals surface area contributed by atoms with Gasteiger partial charge in [0, 0.05) is 11.8 Å². The maximum absolute atomic E-state index is 13.3. The van der Waals surface area contributed by atoms with Crippen molar-refractivity contribution in [2.75, 3.05) is 0 Å². The van der Waals surface area contributed by atoms with Crippen molar-refractivity contribution in [1.29, 1.82) is 0 Å². The van der Waals surface area contributed by atoms with Crippen LogP contribution in [-0.2, 0) is 11.2 Å². The lowest BCUT2D eigenvalue weighted by Crippen LogP contribution is -2.54. The van der Waals surface area contributed by atoms with Crippen molar-refractivity contribution >= 4 is 22.6 Å². The van der Waals surface area contributed by atoms with E-state index in [0.717, 1.165) is 10.2 Å². The first kappa shape index (κ1) is 21.0. The minimum atomic E-state index is -1.57. The second kappa shape index (κ2) is 8.47. The molecule has 3 aromatic carbocycles. The molecule has 7 nitrogen and oxygen atoms in total. The molecule has 0 radical (unpaired) electrons. The van der Waals surface area contributed by atoms with Crippen LogP contribution in [0.4, 0.5) is 0 Å². The van der Waals surface area contributed by atoms with Crippen LogP contribution in [-0.4, -0.2) is 32.3 Å². The number of carbonyl (C=O) groups excluding carboxylic acids is 1. The van der Waals surface area contributed by atoms with Crippen LogP contribution >= 0.6 is 0 Å². The Balaban J connectivity index is 1.80. The molecule has 0 saturated carbocycles. The molecule has 0 fully saturated rings. The maximum Gasteiger partial charge on any atom is 0.329 e. The van der Waals surface area contributed by atoms with E-state index in [9.17, 15) is 19.5 Å². The summed E-state index contributed by atoms with van der Waals surface area (Å²) in [5, 5.41) is 17.5. The number of aromatic nitrogens is 2. The van der Waals surface area contributed by atoms with Crippen molar-refractivity contribution in [3.8, 4) is 5.69 Å². The Bertz CT molecular complexity index is 1350. The molecule has 7 heteroatoms. The standard InChI is InChI=1S/C25H21N3O4/c1-25(24(31)32,16-17-10-4-2-5-11-17)26-22(29)21-19-14-8-9-15-20(19)23(30)28(27-21)18-12-6-3-7-13-18/h2-15H,16H2,1H3,(H,26,29)(H,31,32)/t25-/m0/s1. The predicted molar refractivity (Wildman–Crippen MR) is 121 cm³/mol. The number of aliphatic carboxylic acids is 1. The Hall–Kier alpha value is -4.26. The molecule has 0 aliphatic carbocycles. The van der Waals surface area contributed by atoms with Gasteiger partial charge >= 0.3 is 5.97 Å². The molecule has 4 rings (SSSR count). The number of fused-ring (bicyclic) bond motifs is 1. The summed E-state index contributed by atoms with van der Waals surface area (Å²) in [6.07, 6.45) is 0.0885. The fraction of sp³-hybridized carbons (Fsp3) is 0.120. The van der Waals surface area contributed by atoms with E-state index in [1.54, 1.807) is 60.7 Å². The van der Waals surface area contributed by atoms with E-state index >= 15 is 0 Å². The van der Waals surface area contributed by atoms with Crippen LogP contribution in [0.25, 0.3) is 16.5 Å². The van der Waals surface area contributed by atoms with Crippen LogP contribution in [0.1, 0.15) is 23.0 Å². The van der Waals surface area contributed by atoms with E-state index in [1.165, 1.54) is 6.92 Å². The number of nitrogens with one attached hydrogen (secondary N) is 1. The molecular formula is C25H21N3O4. The maximum atomic E-state index is 13.3. The SMILES string of the molecule is C[C@@](Cc1ccccc1)(NC(=O)c1nn(-c2ccccc2)c(=O)c2ccccc12)C(=O)O. The second-order valence-electron chi connectivity index (χ2n) is 7.70. The topological polar surface area (TPSA) is 101 Å². The summed E-state index contributed by atoms with van der Waals surface area (Å²) >= 11 is 0. The lowest BCUT2D eigenvalue weighted by Gasteiger charge is -2.26. The van der Waals surface area contributed by atoms with E-state index in [4.69, 9.17) is 0 Å². The van der Waals surface area contributed by atoms with Gasteiger partial charge in [0.25, 0.3) is 11.5 Å². The highest BCUT2D eigenvalue weighted by Crippen LogP contribution is 2.19. The number of benzene rings is 3. The highest BCUT2D eigenvalue weighted by Gasteiger charge is 2.36. The average molecular weight is 427 g/mol. The molecular weight excluding hydrogens is 406 g/mol. The Kier molecular flexibility index (Phi) is 5.55. The third-order valence-corrected chi connectivity index (χ3v) is 5.28. The summed E-state index contributed by atoms with van der Waals surface area (Å²) in [5.41, 5.74) is -0.694. The largest absolute Gasteiger partial charge is 0.480 e. The van der Waals surface area contributed by atoms with Crippen LogP contribution in [0.15, 0.2) is 89.7 Å². The van der Waals surface area contributed by atoms with Gasteiger partial charge in [-0.05, 0) is 30.7 Å². The van der Waals surface area contributed by atoms with Crippen molar-refractivity contribution in [3.63, 3.8) is 0 Å². The molecule has 0 aliphatic rings. The zero-order valence-corrected chi connectivity index (χ0v) is 17.4. The normalized spacial score (nSPS) is 12.8. The number of amides is 1. The summed E-state index contributed by atoms with van der Waals surface area (Å²) in [6, 6.07) is 24.5. The monoisotopic (exact) mass is 427 g/mol. The molecule has 160 valence electrons. The zero-order valence-electron chi connectivity index (χ0n) is 17.4. The smallest absolute Gasteiger partial charge is 0.329 e. The third-order valence-electron chi connectivity index (χ3n) is 5.28. The number of carboxylic acids is 1. The summed E-state index contributed by atoms with van der Waals surface area (Å²) < 4.78 is 1.16. The molecule has 1 heterocycles. The van der Waals surface area contributed by atoms with Crippen molar-refractivity contribution in [2.24, 2.45) is 0 Å². The Morgan fingerprint density at radius 2 is 1.47 bits per heavy atom. The van der Waals surface area contributed by atoms with Gasteiger partial charge in [-0.1, -0.05) is 66.7 Å². The molecule has 4 aromatic rings. The zero-order chi connectivity index (χ0) is 22.7. The Morgan fingerprint density at radius 1 is 0.906 bits per heavy atom. The summed E-state index contributed by atoms with van der Waals surface area (Å²) in [6.45, 7) is 1.45. The number of carbonyl (C=O) groups is 2. The Labute approximate surface area is 183 Å². The van der Waals surface area contributed by atoms with Gasteiger partial charge in [0.15, 0.2) is 5.69 Å². The molecule has 0 saturated heterocycles. The van der Waals surface area contributed by atoms with Crippen LogP contribution in [0.2, 0.25) is 0 Å². The summed E-state index contributed by atoms with van der Waals surface area (Å²) in [7, 11) is 0. The average Bonchev–Trinajstić information content (AvgIpc) is 2.80. The first-order chi connectivity index (χ1) is 15.4. The van der Waals surface area contributed by atoms with Crippen molar-refractivity contribution in [3.05, 3.63) is 107 Å². The number of hydrogen-bond acceptors (Lipinski definition) is 4. The highest BCUT2D eigenvalue weighted by molar-refractivity contribution is 6.06. The number of nitrogens with zero attached hydrogens (tertiary/aromatic N) is 2. The van der Waals surface area contributed by atoms with Gasteiger partial charge in [-0.3, -0.25) is 9.59 Å². The van der Waals surface area contributed by atoms with E-state index in [0.29, 0.717) is 16.5 Å². The van der Waals surface area contributed by atoms with Crippen LogP contribution in [0.5, 0.6) is 0 Å². The first-order valence-corrected chi connectivity index (χ1v) is 10.1.